The van der Waals surface area contributed by atoms with Gasteiger partial charge in [0, 0.05) is 11.3 Å². The first kappa shape index (κ1) is 12.1. The van der Waals surface area contributed by atoms with E-state index in [2.05, 4.69) is 0 Å². The molecule has 0 bridgehead atoms. The molecule has 0 atom stereocenters. The van der Waals surface area contributed by atoms with Crippen LogP contribution in [0.15, 0.2) is 24.3 Å². The molecule has 18 heavy (non-hydrogen) atoms. The summed E-state index contributed by atoms with van der Waals surface area (Å²) in [6.45, 7) is 0. The Morgan fingerprint density at radius 3 is 2.17 bits per heavy atom. The quantitative estimate of drug-likeness (QED) is 0.384. The fourth-order valence-corrected chi connectivity index (χ4v) is 1.93. The predicted molar refractivity (Wildman–Crippen MR) is 67.2 cm³/mol. The predicted octanol–water partition coefficient (Wildman–Crippen LogP) is -0.0486. The Bertz CT molecular complexity index is 505. The van der Waals surface area contributed by atoms with E-state index in [4.69, 9.17) is 16.9 Å². The lowest BCUT2D eigenvalue weighted by Gasteiger charge is -2.25. The molecule has 0 saturated heterocycles. The van der Waals surface area contributed by atoms with E-state index >= 15 is 0 Å². The molecule has 0 aliphatic heterocycles. The minimum Gasteiger partial charge on any atom is -0.384 e. The summed E-state index contributed by atoms with van der Waals surface area (Å²) in [5.41, 5.74) is 10.9. The number of primary amides is 1. The van der Waals surface area contributed by atoms with Crippen LogP contribution in [0.2, 0.25) is 0 Å². The number of hydrogen-bond acceptors (Lipinski definition) is 3. The minimum atomic E-state index is -0.876. The molecule has 2 amide bonds. The summed E-state index contributed by atoms with van der Waals surface area (Å²) >= 11 is 0. The topological polar surface area (TPSA) is 113 Å². The van der Waals surface area contributed by atoms with E-state index in [9.17, 15) is 9.59 Å². The van der Waals surface area contributed by atoms with Crippen LogP contribution in [0.25, 0.3) is 0 Å². The fourth-order valence-electron chi connectivity index (χ4n) is 1.93. The number of nitrogens with zero attached hydrogens (tertiary/aromatic N) is 1. The van der Waals surface area contributed by atoms with Crippen molar-refractivity contribution in [2.24, 2.45) is 11.5 Å². The molecular formula is C12H14N4O2. The van der Waals surface area contributed by atoms with E-state index in [1.54, 1.807) is 24.3 Å². The average molecular weight is 246 g/mol. The Hall–Kier alpha value is -2.37. The summed E-state index contributed by atoms with van der Waals surface area (Å²) in [5, 5.41) is 7.28. The third-order valence-electron chi connectivity index (χ3n) is 3.21. The van der Waals surface area contributed by atoms with Crippen LogP contribution < -0.4 is 16.4 Å². The molecule has 1 fully saturated rings. The van der Waals surface area contributed by atoms with Crippen LogP contribution in [0.4, 0.5) is 5.69 Å². The lowest BCUT2D eigenvalue weighted by molar-refractivity contribution is -0.122. The van der Waals surface area contributed by atoms with Gasteiger partial charge in [0.1, 0.15) is 11.4 Å². The van der Waals surface area contributed by atoms with Crippen LogP contribution >= 0.6 is 0 Å². The molecular weight excluding hydrogens is 232 g/mol. The van der Waals surface area contributed by atoms with Crippen molar-refractivity contribution in [3.8, 4) is 0 Å². The Morgan fingerprint density at radius 2 is 1.83 bits per heavy atom. The first-order valence-corrected chi connectivity index (χ1v) is 5.50. The number of carbonyl (C=O) groups excluding carboxylic acids is 2. The lowest BCUT2D eigenvalue weighted by Crippen LogP contribution is -2.46. The second-order valence-electron chi connectivity index (χ2n) is 4.33. The van der Waals surface area contributed by atoms with Gasteiger partial charge in [-0.15, -0.1) is 0 Å². The third-order valence-corrected chi connectivity index (χ3v) is 3.21. The number of amides is 2. The molecule has 2 rings (SSSR count). The highest BCUT2D eigenvalue weighted by molar-refractivity contribution is 5.99. The lowest BCUT2D eigenvalue weighted by atomic mass is 10.1. The van der Waals surface area contributed by atoms with Gasteiger partial charge in [-0.05, 0) is 37.1 Å². The zero-order valence-electron chi connectivity index (χ0n) is 9.72. The summed E-state index contributed by atoms with van der Waals surface area (Å²) in [4.78, 5) is 23.9. The van der Waals surface area contributed by atoms with E-state index < -0.39 is 11.4 Å². The highest BCUT2D eigenvalue weighted by atomic mass is 16.2. The van der Waals surface area contributed by atoms with Gasteiger partial charge >= 0.3 is 0 Å². The van der Waals surface area contributed by atoms with E-state index in [1.807, 2.05) is 0 Å². The molecule has 1 aromatic rings. The van der Waals surface area contributed by atoms with Gasteiger partial charge < -0.3 is 11.5 Å². The zero-order valence-corrected chi connectivity index (χ0v) is 9.72. The molecule has 0 heterocycles. The zero-order chi connectivity index (χ0) is 13.3. The molecule has 1 aliphatic rings. The molecule has 5 N–H and O–H groups in total. The highest BCUT2D eigenvalue weighted by Crippen LogP contribution is 2.43. The van der Waals surface area contributed by atoms with Crippen LogP contribution in [-0.2, 0) is 9.59 Å². The number of benzene rings is 1. The first-order valence-electron chi connectivity index (χ1n) is 5.50. The number of carbonyl (C=O) groups is 2. The first-order chi connectivity index (χ1) is 8.51. The normalized spacial score (nSPS) is 15.8. The highest BCUT2D eigenvalue weighted by Gasteiger charge is 2.54. The molecule has 0 radical (unpaired) electrons. The maximum atomic E-state index is 11.4. The van der Waals surface area contributed by atoms with Crippen LogP contribution in [-0.4, -0.2) is 23.7 Å². The average Bonchev–Trinajstić information content (AvgIpc) is 3.12. The van der Waals surface area contributed by atoms with Gasteiger partial charge in [-0.2, -0.15) is 0 Å². The third kappa shape index (κ3) is 1.81. The van der Waals surface area contributed by atoms with Crippen molar-refractivity contribution in [2.75, 3.05) is 4.90 Å². The van der Waals surface area contributed by atoms with Gasteiger partial charge in [0.15, 0.2) is 0 Å². The second kappa shape index (κ2) is 4.14. The summed E-state index contributed by atoms with van der Waals surface area (Å²) in [6, 6.07) is 6.55. The summed E-state index contributed by atoms with van der Waals surface area (Å²) < 4.78 is 0. The summed E-state index contributed by atoms with van der Waals surface area (Å²) in [5.74, 6) is -0.541. The van der Waals surface area contributed by atoms with E-state index in [-0.39, 0.29) is 5.84 Å². The Kier molecular flexibility index (Phi) is 2.78. The van der Waals surface area contributed by atoms with Gasteiger partial charge in [-0.1, -0.05) is 0 Å². The van der Waals surface area contributed by atoms with Crippen molar-refractivity contribution >= 4 is 23.8 Å². The Morgan fingerprint density at radius 1 is 1.28 bits per heavy atom. The Balaban J connectivity index is 2.32. The van der Waals surface area contributed by atoms with E-state index in [0.717, 1.165) is 0 Å². The van der Waals surface area contributed by atoms with Crippen molar-refractivity contribution in [1.82, 2.24) is 0 Å². The molecule has 1 aliphatic carbocycles. The van der Waals surface area contributed by atoms with Crippen molar-refractivity contribution in [3.05, 3.63) is 29.8 Å². The maximum Gasteiger partial charge on any atom is 0.243 e. The molecule has 94 valence electrons. The number of nitrogens with two attached hydrogens (primary N) is 2. The summed E-state index contributed by atoms with van der Waals surface area (Å²) in [6.07, 6.45) is 1.77. The largest absolute Gasteiger partial charge is 0.384 e. The van der Waals surface area contributed by atoms with E-state index in [1.165, 1.54) is 4.90 Å². The standard InChI is InChI=1S/C12H14N4O2/c13-10(14)8-1-3-9(4-2-8)16(7-17)12(5-6-12)11(15)18/h1-4,7H,5-6H2,(H3,13,14)(H2,15,18). The molecule has 1 aromatic carbocycles. The van der Waals surface area contributed by atoms with Gasteiger partial charge in [0.2, 0.25) is 12.3 Å². The van der Waals surface area contributed by atoms with Crippen LogP contribution in [0.3, 0.4) is 0 Å². The molecule has 0 aromatic heterocycles. The Labute approximate surface area is 104 Å². The number of nitrogen functional groups attached to an aromatic ring is 1. The van der Waals surface area contributed by atoms with Crippen molar-refractivity contribution in [1.29, 1.82) is 5.41 Å². The van der Waals surface area contributed by atoms with Gasteiger partial charge in [0.25, 0.3) is 0 Å². The van der Waals surface area contributed by atoms with Gasteiger partial charge in [0.05, 0.1) is 0 Å². The molecule has 6 nitrogen and oxygen atoms in total. The van der Waals surface area contributed by atoms with Crippen molar-refractivity contribution < 1.29 is 9.59 Å². The number of hydrogen-bond donors (Lipinski definition) is 3. The number of anilines is 1. The number of nitrogens with one attached hydrogen (secondary N) is 1. The maximum absolute atomic E-state index is 11.4. The number of amidine groups is 1. The van der Waals surface area contributed by atoms with Crippen molar-refractivity contribution in [3.63, 3.8) is 0 Å². The second-order valence-corrected chi connectivity index (χ2v) is 4.33. The molecule has 6 heteroatoms. The van der Waals surface area contributed by atoms with E-state index in [0.29, 0.717) is 30.5 Å². The monoisotopic (exact) mass is 246 g/mol. The van der Waals surface area contributed by atoms with Gasteiger partial charge in [-0.25, -0.2) is 0 Å². The summed E-state index contributed by atoms with van der Waals surface area (Å²) in [7, 11) is 0. The molecule has 1 saturated carbocycles. The SMILES string of the molecule is N=C(N)c1ccc(N(C=O)C2(C(N)=O)CC2)cc1. The number of rotatable bonds is 5. The van der Waals surface area contributed by atoms with Crippen LogP contribution in [0.5, 0.6) is 0 Å². The fraction of sp³-hybridized carbons (Fsp3) is 0.250. The smallest absolute Gasteiger partial charge is 0.243 e. The molecule has 0 spiro atoms. The van der Waals surface area contributed by atoms with Gasteiger partial charge in [-0.3, -0.25) is 19.9 Å². The molecule has 0 unspecified atom stereocenters. The minimum absolute atomic E-state index is 0.0461. The van der Waals surface area contributed by atoms with Crippen LogP contribution in [0, 0.1) is 5.41 Å². The van der Waals surface area contributed by atoms with Crippen LogP contribution in [0.1, 0.15) is 18.4 Å². The van der Waals surface area contributed by atoms with Crippen molar-refractivity contribution in [2.45, 2.75) is 18.4 Å².